The second-order valence-corrected chi connectivity index (χ2v) is 8.23. The van der Waals surface area contributed by atoms with Crippen molar-refractivity contribution in [3.05, 3.63) is 36.0 Å². The molecule has 32 heavy (non-hydrogen) atoms. The molecule has 1 aliphatic carbocycles. The highest BCUT2D eigenvalue weighted by Crippen LogP contribution is 2.26. The van der Waals surface area contributed by atoms with Crippen LogP contribution in [0.1, 0.15) is 36.5 Å². The lowest BCUT2D eigenvalue weighted by Crippen LogP contribution is -2.48. The van der Waals surface area contributed by atoms with Gasteiger partial charge in [0.15, 0.2) is 0 Å². The quantitative estimate of drug-likeness (QED) is 0.529. The summed E-state index contributed by atoms with van der Waals surface area (Å²) < 4.78 is 0. The van der Waals surface area contributed by atoms with E-state index in [0.29, 0.717) is 11.8 Å². The molecule has 2 heterocycles. The molecule has 1 aromatic carbocycles. The highest BCUT2D eigenvalue weighted by molar-refractivity contribution is 5.97. The number of anilines is 4. The second kappa shape index (κ2) is 9.39. The molecule has 2 aromatic rings. The lowest BCUT2D eigenvalue weighted by molar-refractivity contribution is -0.129. The van der Waals surface area contributed by atoms with Crippen molar-refractivity contribution in [2.24, 2.45) is 5.73 Å². The van der Waals surface area contributed by atoms with E-state index in [2.05, 4.69) is 25.5 Å². The Bertz CT molecular complexity index is 974. The first-order valence-corrected chi connectivity index (χ1v) is 10.9. The molecule has 4 rings (SSSR count). The van der Waals surface area contributed by atoms with Crippen molar-refractivity contribution in [2.45, 2.75) is 38.3 Å². The standard InChI is InChI=1S/C22H29N7O3/c1-14(30)28-9-11-29(12-10-28)16-7-5-15(6-8-16)25-22-24-13-17(20(23)32)21(27-22)26-18-3-2-4-19(18)31/h5-8,13,18-19,31H,2-4,9-12H2,1H3,(H2,23,32)(H2,24,25,26,27)/t18-,19?/m1/s1. The zero-order valence-electron chi connectivity index (χ0n) is 18.1. The van der Waals surface area contributed by atoms with Gasteiger partial charge in [-0.1, -0.05) is 0 Å². The van der Waals surface area contributed by atoms with Crippen LogP contribution in [0.2, 0.25) is 0 Å². The number of aliphatic hydroxyl groups is 1. The first-order valence-electron chi connectivity index (χ1n) is 10.9. The summed E-state index contributed by atoms with van der Waals surface area (Å²) in [7, 11) is 0. The minimum Gasteiger partial charge on any atom is -0.391 e. The molecule has 1 aromatic heterocycles. The number of aliphatic hydroxyl groups excluding tert-OH is 1. The largest absolute Gasteiger partial charge is 0.391 e. The molecule has 2 atom stereocenters. The van der Waals surface area contributed by atoms with Crippen LogP contribution < -0.4 is 21.3 Å². The van der Waals surface area contributed by atoms with Crippen molar-refractivity contribution in [2.75, 3.05) is 41.7 Å². The van der Waals surface area contributed by atoms with Gasteiger partial charge in [-0.05, 0) is 43.5 Å². The summed E-state index contributed by atoms with van der Waals surface area (Å²) in [6.07, 6.45) is 3.35. The van der Waals surface area contributed by atoms with Crippen molar-refractivity contribution >= 4 is 35.0 Å². The number of hydrogen-bond donors (Lipinski definition) is 4. The number of carbonyl (C=O) groups excluding carboxylic acids is 2. The van der Waals surface area contributed by atoms with Crippen molar-refractivity contribution in [3.63, 3.8) is 0 Å². The fourth-order valence-electron chi connectivity index (χ4n) is 4.18. The van der Waals surface area contributed by atoms with Gasteiger partial charge in [0.25, 0.3) is 5.91 Å². The van der Waals surface area contributed by atoms with E-state index in [-0.39, 0.29) is 17.5 Å². The normalized spacial score (nSPS) is 20.8. The minimum atomic E-state index is -0.624. The smallest absolute Gasteiger partial charge is 0.254 e. The predicted molar refractivity (Wildman–Crippen MR) is 122 cm³/mol. The molecular weight excluding hydrogens is 410 g/mol. The summed E-state index contributed by atoms with van der Waals surface area (Å²) in [6.45, 7) is 4.64. The zero-order valence-corrected chi connectivity index (χ0v) is 18.1. The summed E-state index contributed by atoms with van der Waals surface area (Å²) in [5.41, 5.74) is 7.55. The summed E-state index contributed by atoms with van der Waals surface area (Å²) in [4.78, 5) is 36.0. The van der Waals surface area contributed by atoms with Crippen LogP contribution in [0.5, 0.6) is 0 Å². The lowest BCUT2D eigenvalue weighted by Gasteiger charge is -2.35. The van der Waals surface area contributed by atoms with Crippen LogP contribution in [-0.4, -0.2) is 70.1 Å². The number of nitrogens with two attached hydrogens (primary N) is 1. The Balaban J connectivity index is 1.44. The van der Waals surface area contributed by atoms with Crippen LogP contribution in [0.15, 0.2) is 30.5 Å². The van der Waals surface area contributed by atoms with Crippen molar-refractivity contribution in [3.8, 4) is 0 Å². The molecule has 1 saturated heterocycles. The summed E-state index contributed by atoms with van der Waals surface area (Å²) in [5, 5.41) is 16.4. The third-order valence-electron chi connectivity index (χ3n) is 6.07. The molecule has 0 bridgehead atoms. The van der Waals surface area contributed by atoms with E-state index < -0.39 is 12.0 Å². The monoisotopic (exact) mass is 439 g/mol. The first-order chi connectivity index (χ1) is 15.4. The molecule has 1 saturated carbocycles. The van der Waals surface area contributed by atoms with Crippen LogP contribution >= 0.6 is 0 Å². The minimum absolute atomic E-state index is 0.114. The third-order valence-corrected chi connectivity index (χ3v) is 6.07. The number of carbonyl (C=O) groups is 2. The number of hydrogen-bond acceptors (Lipinski definition) is 8. The van der Waals surface area contributed by atoms with Crippen LogP contribution in [0.3, 0.4) is 0 Å². The van der Waals surface area contributed by atoms with Crippen LogP contribution in [-0.2, 0) is 4.79 Å². The highest BCUT2D eigenvalue weighted by Gasteiger charge is 2.27. The van der Waals surface area contributed by atoms with Gasteiger partial charge in [0.05, 0.1) is 17.7 Å². The fraction of sp³-hybridized carbons (Fsp3) is 0.455. The first kappa shape index (κ1) is 21.8. The Hall–Kier alpha value is -3.40. The molecule has 2 amide bonds. The van der Waals surface area contributed by atoms with E-state index in [1.165, 1.54) is 6.20 Å². The van der Waals surface area contributed by atoms with E-state index in [1.807, 2.05) is 29.2 Å². The predicted octanol–water partition coefficient (Wildman–Crippen LogP) is 1.31. The maximum absolute atomic E-state index is 11.8. The van der Waals surface area contributed by atoms with Gasteiger partial charge >= 0.3 is 0 Å². The van der Waals surface area contributed by atoms with Gasteiger partial charge in [-0.15, -0.1) is 0 Å². The molecule has 2 fully saturated rings. The number of amides is 2. The summed E-state index contributed by atoms with van der Waals surface area (Å²) >= 11 is 0. The van der Waals surface area contributed by atoms with E-state index in [9.17, 15) is 14.7 Å². The molecule has 1 aliphatic heterocycles. The number of aromatic nitrogens is 2. The number of benzene rings is 1. The molecule has 1 unspecified atom stereocenters. The van der Waals surface area contributed by atoms with Gasteiger partial charge < -0.3 is 31.3 Å². The fourth-order valence-corrected chi connectivity index (χ4v) is 4.18. The number of piperazine rings is 1. The average Bonchev–Trinajstić information content (AvgIpc) is 3.18. The lowest BCUT2D eigenvalue weighted by atomic mass is 10.2. The van der Waals surface area contributed by atoms with E-state index >= 15 is 0 Å². The average molecular weight is 440 g/mol. The van der Waals surface area contributed by atoms with Gasteiger partial charge in [-0.2, -0.15) is 4.98 Å². The topological polar surface area (TPSA) is 137 Å². The Kier molecular flexibility index (Phi) is 6.40. The van der Waals surface area contributed by atoms with E-state index in [1.54, 1.807) is 6.92 Å². The number of rotatable bonds is 6. The van der Waals surface area contributed by atoms with Crippen molar-refractivity contribution < 1.29 is 14.7 Å². The van der Waals surface area contributed by atoms with Gasteiger partial charge in [-0.3, -0.25) is 9.59 Å². The molecule has 0 spiro atoms. The van der Waals surface area contributed by atoms with E-state index in [4.69, 9.17) is 5.73 Å². The molecule has 170 valence electrons. The summed E-state index contributed by atoms with van der Waals surface area (Å²) in [6, 6.07) is 7.73. The van der Waals surface area contributed by atoms with Crippen molar-refractivity contribution in [1.82, 2.24) is 14.9 Å². The Labute approximate surface area is 186 Å². The maximum Gasteiger partial charge on any atom is 0.254 e. The van der Waals surface area contributed by atoms with Crippen LogP contribution in [0.4, 0.5) is 23.1 Å². The maximum atomic E-state index is 11.8. The molecule has 2 aliphatic rings. The molecule has 5 N–H and O–H groups in total. The molecule has 0 radical (unpaired) electrons. The van der Waals surface area contributed by atoms with Gasteiger partial charge in [-0.25, -0.2) is 4.98 Å². The van der Waals surface area contributed by atoms with Gasteiger partial charge in [0.2, 0.25) is 11.9 Å². The van der Waals surface area contributed by atoms with Crippen LogP contribution in [0.25, 0.3) is 0 Å². The highest BCUT2D eigenvalue weighted by atomic mass is 16.3. The van der Waals surface area contributed by atoms with Crippen molar-refractivity contribution in [1.29, 1.82) is 0 Å². The molecule has 10 heteroatoms. The van der Waals surface area contributed by atoms with Crippen LogP contribution in [0, 0.1) is 0 Å². The Morgan fingerprint density at radius 2 is 1.84 bits per heavy atom. The zero-order chi connectivity index (χ0) is 22.7. The second-order valence-electron chi connectivity index (χ2n) is 8.23. The van der Waals surface area contributed by atoms with Gasteiger partial charge in [0.1, 0.15) is 5.82 Å². The Morgan fingerprint density at radius 1 is 1.12 bits per heavy atom. The Morgan fingerprint density at radius 3 is 2.44 bits per heavy atom. The van der Waals surface area contributed by atoms with Gasteiger partial charge in [0, 0.05) is 50.7 Å². The third kappa shape index (κ3) is 4.91. The number of nitrogens with zero attached hydrogens (tertiary/aromatic N) is 4. The molecular formula is C22H29N7O3. The number of nitrogens with one attached hydrogen (secondary N) is 2. The molecule has 10 nitrogen and oxygen atoms in total. The SMILES string of the molecule is CC(=O)N1CCN(c2ccc(Nc3ncc(C(N)=O)c(N[C@@H]4CCCC4O)n3)cc2)CC1. The number of primary amides is 1. The van der Waals surface area contributed by atoms with E-state index in [0.717, 1.165) is 56.8 Å². The summed E-state index contributed by atoms with van der Waals surface area (Å²) in [5.74, 6) is 0.136.